The number of anilines is 7. The summed E-state index contributed by atoms with van der Waals surface area (Å²) < 4.78 is 7.10. The zero-order chi connectivity index (χ0) is 99.7. The zero-order valence-corrected chi connectivity index (χ0v) is 78.6. The lowest BCUT2D eigenvalue weighted by atomic mass is 9.90. The molecule has 17 aromatic rings. The Balaban J connectivity index is 0.000000124. The van der Waals surface area contributed by atoms with E-state index < -0.39 is 5.91 Å². The van der Waals surface area contributed by atoms with Crippen molar-refractivity contribution >= 4 is 93.9 Å². The van der Waals surface area contributed by atoms with Crippen LogP contribution in [0.5, 0.6) is 5.75 Å². The number of rotatable bonds is 29. The summed E-state index contributed by atoms with van der Waals surface area (Å²) >= 11 is 0. The monoisotopic (exact) mass is 1930 g/mol. The van der Waals surface area contributed by atoms with Gasteiger partial charge in [-0.05, 0) is 216 Å². The van der Waals surface area contributed by atoms with Crippen molar-refractivity contribution in [3.05, 3.63) is 300 Å². The highest BCUT2D eigenvalue weighted by Crippen LogP contribution is 2.33. The van der Waals surface area contributed by atoms with Crippen molar-refractivity contribution < 1.29 is 38.3 Å². The van der Waals surface area contributed by atoms with Gasteiger partial charge in [-0.3, -0.25) is 116 Å². The molecule has 1 fully saturated rings. The Hall–Kier alpha value is -18.9. The molecular weight excluding hydrogens is 1830 g/mol. The largest absolute Gasteiger partial charge is 0.481 e. The van der Waals surface area contributed by atoms with Crippen LogP contribution >= 0.6 is 0 Å². The van der Waals surface area contributed by atoms with Crippen LogP contribution in [0.15, 0.2) is 254 Å². The van der Waals surface area contributed by atoms with Crippen molar-refractivity contribution in [1.82, 2.24) is 136 Å². The van der Waals surface area contributed by atoms with Gasteiger partial charge in [-0.15, -0.1) is 25.5 Å². The summed E-state index contributed by atoms with van der Waals surface area (Å²) in [6.07, 6.45) is 29.4. The SMILES string of the molecule is CC(C)CCC(=O)CC1=NN=C(c2ccccn2)C1.Cc1cc(C)n(-c2ccc(C(=O)Nc3n[nH]c(-c4ccccn4)n3)cn2)n1.O=C(CCCCc1ncccn1)Nc1n[nH]c(-c2ccccn2)n1.O=C(Cc1ccc2c(c1)CCCC2)Nc1n[nH]c(-c2ccccn2)n1.O=C(Nc1n[nH]c(-c2ccccn2)n1)c1ccc(NC2CC2)nc1.O=C1COc2c(cccc2C(=O)Nc2n[nH]c(-c3ccccn3)n2)N1. The molecule has 726 valence electrons. The molecular formula is C100H98N36O8. The molecule has 0 bridgehead atoms. The van der Waals surface area contributed by atoms with Crippen LogP contribution in [0.4, 0.5) is 41.2 Å². The van der Waals surface area contributed by atoms with Gasteiger partial charge in [0.15, 0.2) is 47.3 Å². The number of hydrogen-bond acceptors (Lipinski definition) is 32. The first kappa shape index (κ1) is 98.1. The molecule has 2 aromatic carbocycles. The Bertz CT molecular complexity index is 7250. The molecule has 0 radical (unpaired) electrons. The number of aryl methyl sites for hydroxylation is 5. The highest BCUT2D eigenvalue weighted by Gasteiger charge is 2.27. The lowest BCUT2D eigenvalue weighted by Crippen LogP contribution is -2.27. The lowest BCUT2D eigenvalue weighted by Gasteiger charge is -2.19. The van der Waals surface area contributed by atoms with E-state index in [2.05, 4.69) is 204 Å². The van der Waals surface area contributed by atoms with Crippen molar-refractivity contribution in [3.63, 3.8) is 0 Å². The Morgan fingerprint density at radius 2 is 0.951 bits per heavy atom. The number of aromatic nitrogens is 27. The molecule has 2 aliphatic heterocycles. The molecule has 6 amide bonds. The Morgan fingerprint density at radius 1 is 0.458 bits per heavy atom. The number of fused-ring (bicyclic) bond motifs is 2. The van der Waals surface area contributed by atoms with E-state index in [-0.39, 0.29) is 77.2 Å². The third kappa shape index (κ3) is 28.6. The van der Waals surface area contributed by atoms with Crippen LogP contribution in [-0.4, -0.2) is 201 Å². The fourth-order valence-corrected chi connectivity index (χ4v) is 14.4. The van der Waals surface area contributed by atoms with Gasteiger partial charge in [0, 0.05) is 106 Å². The van der Waals surface area contributed by atoms with E-state index in [9.17, 15) is 33.6 Å². The van der Waals surface area contributed by atoms with Crippen molar-refractivity contribution in [2.45, 2.75) is 130 Å². The Morgan fingerprint density at radius 3 is 1.43 bits per heavy atom. The topological polar surface area (TPSA) is 592 Å². The average molecular weight is 1930 g/mol. The number of para-hydroxylation sites is 1. The average Bonchev–Trinajstić information content (AvgIpc) is 1.45. The molecule has 44 nitrogen and oxygen atoms in total. The maximum absolute atomic E-state index is 12.5. The van der Waals surface area contributed by atoms with Crippen molar-refractivity contribution in [2.24, 2.45) is 16.1 Å². The number of Topliss-reactive ketones (excluding diaryl/α,β-unsaturated/α-hetero) is 1. The number of ether oxygens (including phenoxy) is 1. The predicted octanol–water partition coefficient (Wildman–Crippen LogP) is 13.8. The molecule has 15 aromatic heterocycles. The third-order valence-electron chi connectivity index (χ3n) is 21.7. The van der Waals surface area contributed by atoms with Crippen molar-refractivity contribution in [2.75, 3.05) is 43.8 Å². The van der Waals surface area contributed by atoms with Gasteiger partial charge in [0.25, 0.3) is 23.6 Å². The number of H-pyrrole nitrogens is 5. The maximum atomic E-state index is 12.5. The van der Waals surface area contributed by atoms with Gasteiger partial charge in [-0.1, -0.05) is 74.5 Å². The number of ketones is 1. The van der Waals surface area contributed by atoms with Gasteiger partial charge in [-0.25, -0.2) is 24.6 Å². The summed E-state index contributed by atoms with van der Waals surface area (Å²) in [5.41, 5.74) is 13.1. The van der Waals surface area contributed by atoms with E-state index in [0.29, 0.717) is 130 Å². The molecule has 1 saturated carbocycles. The van der Waals surface area contributed by atoms with Crippen LogP contribution in [0.3, 0.4) is 0 Å². The lowest BCUT2D eigenvalue weighted by molar-refractivity contribution is -0.119. The van der Waals surface area contributed by atoms with Crippen LogP contribution in [-0.2, 0) is 44.9 Å². The number of unbranched alkanes of at least 4 members (excludes halogenated alkanes) is 1. The molecule has 144 heavy (non-hydrogen) atoms. The van der Waals surface area contributed by atoms with E-state index in [1.54, 1.807) is 121 Å². The van der Waals surface area contributed by atoms with Gasteiger partial charge in [-0.2, -0.15) is 40.2 Å². The fourth-order valence-electron chi connectivity index (χ4n) is 14.4. The molecule has 0 spiro atoms. The summed E-state index contributed by atoms with van der Waals surface area (Å²) in [6, 6.07) is 55.6. The smallest absolute Gasteiger partial charge is 0.262 e. The molecule has 0 saturated heterocycles. The fraction of sp³-hybridized carbons (Fsp3) is 0.220. The Kier molecular flexibility index (Phi) is 33.3. The van der Waals surface area contributed by atoms with E-state index in [1.807, 2.05) is 117 Å². The Labute approximate surface area is 822 Å². The number of nitrogens with zero attached hydrogens (tertiary/aromatic N) is 24. The highest BCUT2D eigenvalue weighted by molar-refractivity contribution is 6.18. The summed E-state index contributed by atoms with van der Waals surface area (Å²) in [6.45, 7) is 7.99. The number of carbonyl (C=O) groups excluding carboxylic acids is 7. The molecule has 21 rings (SSSR count). The number of benzene rings is 2. The number of pyridine rings is 8. The molecule has 4 aliphatic rings. The number of nitrogens with one attached hydrogen (secondary N) is 12. The minimum Gasteiger partial charge on any atom is -0.481 e. The summed E-state index contributed by atoms with van der Waals surface area (Å²) in [7, 11) is 0. The first-order chi connectivity index (χ1) is 70.3. The van der Waals surface area contributed by atoms with Gasteiger partial charge in [0.2, 0.25) is 41.6 Å². The van der Waals surface area contributed by atoms with Crippen LogP contribution in [0, 0.1) is 19.8 Å². The van der Waals surface area contributed by atoms with Crippen molar-refractivity contribution in [3.8, 4) is 69.2 Å². The van der Waals surface area contributed by atoms with E-state index in [0.717, 1.165) is 84.2 Å². The summed E-state index contributed by atoms with van der Waals surface area (Å²) in [5, 5.41) is 65.6. The van der Waals surface area contributed by atoms with Crippen LogP contribution in [0.1, 0.15) is 155 Å². The van der Waals surface area contributed by atoms with Gasteiger partial charge < -0.3 is 15.4 Å². The van der Waals surface area contributed by atoms with E-state index in [1.165, 1.54) is 49.2 Å². The zero-order valence-electron chi connectivity index (χ0n) is 78.6. The minimum atomic E-state index is -0.445. The second-order valence-corrected chi connectivity index (χ2v) is 33.3. The predicted molar refractivity (Wildman–Crippen MR) is 534 cm³/mol. The molecule has 12 N–H and O–H groups in total. The second kappa shape index (κ2) is 48.9. The van der Waals surface area contributed by atoms with Crippen LogP contribution < -0.4 is 42.0 Å². The molecule has 0 unspecified atom stereocenters. The first-order valence-electron chi connectivity index (χ1n) is 46.2. The number of aromatic amines is 5. The van der Waals surface area contributed by atoms with Crippen LogP contribution in [0.25, 0.3) is 63.4 Å². The number of hydrogen-bond donors (Lipinski definition) is 12. The molecule has 0 atom stereocenters. The summed E-state index contributed by atoms with van der Waals surface area (Å²) in [4.78, 5) is 148. The van der Waals surface area contributed by atoms with Gasteiger partial charge in [0.1, 0.15) is 45.9 Å². The molecule has 2 aliphatic carbocycles. The van der Waals surface area contributed by atoms with Crippen molar-refractivity contribution in [1.29, 1.82) is 0 Å². The molecule has 17 heterocycles. The second-order valence-electron chi connectivity index (χ2n) is 33.3. The highest BCUT2D eigenvalue weighted by atomic mass is 16.5. The maximum Gasteiger partial charge on any atom is 0.262 e. The van der Waals surface area contributed by atoms with Gasteiger partial charge in [0.05, 0.1) is 51.6 Å². The van der Waals surface area contributed by atoms with E-state index >= 15 is 0 Å². The normalized spacial score (nSPS) is 12.4. The molecule has 44 heteroatoms. The standard InChI is InChI=1S/C19H19N5O.C18H16N8O.C16H15N7O.C16H17N7O.C16H12N6O3.C15H19N3O/c25-17(12-13-8-9-14-5-1-2-6-15(14)11-13)21-19-22-18(23-24-19)16-7-3-4-10-20-16;1-11-9-12(2)26(25-11)15-7-6-13(10-20-15)17(27)22-18-21-16(23-24-18)14-5-3-4-8-19-14;24-15(10-4-7-13(18-9-10)19-11-5-6-11)21-16-20-14(22-23-16)12-3-1-2-8-17-12;24-14(8-2-1-7-13-18-10-5-11-19-13)20-16-21-15(22-23-16)12-6-3-4-9-17-12;23-12-8-25-13-9(4-3-6-10(13)18-12)15(24)20-16-19-14(21-22-16)11-5-1-2-7-17-11;1-11(2)6-7-13(19)9-12-10-15(18-17-12)14-5-3-4-8-16-14/h3-4,7-11H,1-2,5-6,12H2,(H2,21,22,23,24,25);3-10H,1-2H3,(H2,21,22,23,24,27);1-4,7-9,11H,5-6H2,(H,18,19)(H2,20,21,22,23,24);3-6,9-11H,1-2,7-8H2,(H2,20,21,22,23,24);1-7H,8H2,(H,18,23)(H2,19,20,21,22,24);3-5,8,11H,6-7,9-10H2,1-2H3. The number of carbonyl (C=O) groups is 7. The summed E-state index contributed by atoms with van der Waals surface area (Å²) in [5.74, 6) is 5.21. The first-order valence-corrected chi connectivity index (χ1v) is 46.2. The van der Waals surface area contributed by atoms with Gasteiger partial charge >= 0.3 is 0 Å². The number of amides is 6. The van der Waals surface area contributed by atoms with E-state index in [4.69, 9.17) is 4.74 Å². The minimum absolute atomic E-state index is 0.114. The van der Waals surface area contributed by atoms with Crippen LogP contribution in [0.2, 0.25) is 0 Å². The third-order valence-corrected chi connectivity index (χ3v) is 21.7. The quantitative estimate of drug-likeness (QED) is 0.0194.